The maximum atomic E-state index is 6.03. The van der Waals surface area contributed by atoms with Crippen LogP contribution < -0.4 is 5.73 Å². The molecule has 0 saturated heterocycles. The first-order valence-corrected chi connectivity index (χ1v) is 8.24. The molecule has 1 aliphatic rings. The summed E-state index contributed by atoms with van der Waals surface area (Å²) in [5, 5.41) is 0. The Labute approximate surface area is 123 Å². The van der Waals surface area contributed by atoms with Gasteiger partial charge in [-0.05, 0) is 49.9 Å². The largest absolute Gasteiger partial charge is 0.468 e. The third kappa shape index (κ3) is 3.86. The highest BCUT2D eigenvalue weighted by atomic mass is 16.3. The minimum atomic E-state index is 0.625. The van der Waals surface area contributed by atoms with Gasteiger partial charge < -0.3 is 10.2 Å². The van der Waals surface area contributed by atoms with E-state index in [9.17, 15) is 0 Å². The topological polar surface area (TPSA) is 42.4 Å². The van der Waals surface area contributed by atoms with Crippen LogP contribution in [0.25, 0.3) is 0 Å². The van der Waals surface area contributed by atoms with Gasteiger partial charge in [-0.1, -0.05) is 33.1 Å². The van der Waals surface area contributed by atoms with E-state index < -0.39 is 0 Å². The van der Waals surface area contributed by atoms with Crippen LogP contribution in [0.5, 0.6) is 0 Å². The molecule has 0 bridgehead atoms. The van der Waals surface area contributed by atoms with Crippen molar-refractivity contribution < 1.29 is 4.42 Å². The van der Waals surface area contributed by atoms with E-state index in [-0.39, 0.29) is 0 Å². The standard InChI is InChI=1S/C17H30N2O/c1-3-6-14-8-9-15(12-18)17(11-14)19(4-2)13-16-7-5-10-20-16/h5,7,10,14-15,17H,3-4,6,8-9,11-13,18H2,1-2H3. The summed E-state index contributed by atoms with van der Waals surface area (Å²) in [7, 11) is 0. The summed E-state index contributed by atoms with van der Waals surface area (Å²) in [6.07, 6.45) is 8.40. The second-order valence-electron chi connectivity index (χ2n) is 6.17. The molecule has 1 saturated carbocycles. The minimum Gasteiger partial charge on any atom is -0.468 e. The number of hydrogen-bond acceptors (Lipinski definition) is 3. The quantitative estimate of drug-likeness (QED) is 0.828. The molecule has 2 rings (SSSR count). The van der Waals surface area contributed by atoms with Gasteiger partial charge in [0.25, 0.3) is 0 Å². The Bertz CT molecular complexity index is 363. The van der Waals surface area contributed by atoms with Gasteiger partial charge in [0, 0.05) is 6.04 Å². The molecule has 20 heavy (non-hydrogen) atoms. The summed E-state index contributed by atoms with van der Waals surface area (Å²) in [4.78, 5) is 2.57. The molecule has 0 radical (unpaired) electrons. The first-order chi connectivity index (χ1) is 9.78. The number of rotatable bonds is 7. The van der Waals surface area contributed by atoms with Gasteiger partial charge in [-0.3, -0.25) is 4.90 Å². The van der Waals surface area contributed by atoms with Gasteiger partial charge >= 0.3 is 0 Å². The van der Waals surface area contributed by atoms with Crippen LogP contribution in [0, 0.1) is 11.8 Å². The highest BCUT2D eigenvalue weighted by molar-refractivity contribution is 4.99. The Morgan fingerprint density at radius 1 is 1.35 bits per heavy atom. The monoisotopic (exact) mass is 278 g/mol. The molecule has 3 unspecified atom stereocenters. The van der Waals surface area contributed by atoms with E-state index in [2.05, 4.69) is 24.8 Å². The van der Waals surface area contributed by atoms with Crippen LogP contribution in [-0.4, -0.2) is 24.0 Å². The molecule has 1 aromatic heterocycles. The minimum absolute atomic E-state index is 0.625. The van der Waals surface area contributed by atoms with Crippen molar-refractivity contribution in [3.8, 4) is 0 Å². The third-order valence-electron chi connectivity index (χ3n) is 4.88. The molecular formula is C17H30N2O. The Morgan fingerprint density at radius 2 is 2.20 bits per heavy atom. The molecule has 0 spiro atoms. The van der Waals surface area contributed by atoms with Crippen LogP contribution in [0.15, 0.2) is 22.8 Å². The zero-order chi connectivity index (χ0) is 14.4. The second kappa shape index (κ2) is 7.84. The van der Waals surface area contributed by atoms with Crippen LogP contribution in [0.4, 0.5) is 0 Å². The number of nitrogens with zero attached hydrogens (tertiary/aromatic N) is 1. The van der Waals surface area contributed by atoms with E-state index in [0.29, 0.717) is 12.0 Å². The average Bonchev–Trinajstić information content (AvgIpc) is 2.98. The molecule has 0 amide bonds. The number of furan rings is 1. The van der Waals surface area contributed by atoms with Gasteiger partial charge in [0.2, 0.25) is 0 Å². The molecule has 0 aromatic carbocycles. The molecule has 1 fully saturated rings. The molecule has 1 heterocycles. The molecular weight excluding hydrogens is 248 g/mol. The lowest BCUT2D eigenvalue weighted by Crippen LogP contribution is -2.46. The summed E-state index contributed by atoms with van der Waals surface area (Å²) in [5.74, 6) is 2.61. The Morgan fingerprint density at radius 3 is 2.80 bits per heavy atom. The number of hydrogen-bond donors (Lipinski definition) is 1. The molecule has 3 heteroatoms. The Kier molecular flexibility index (Phi) is 6.11. The molecule has 1 aromatic rings. The molecule has 0 aliphatic heterocycles. The van der Waals surface area contributed by atoms with Gasteiger partial charge in [-0.25, -0.2) is 0 Å². The van der Waals surface area contributed by atoms with Crippen molar-refractivity contribution >= 4 is 0 Å². The molecule has 3 nitrogen and oxygen atoms in total. The van der Waals surface area contributed by atoms with Crippen molar-refractivity contribution in [3.63, 3.8) is 0 Å². The van der Waals surface area contributed by atoms with E-state index in [1.807, 2.05) is 6.07 Å². The van der Waals surface area contributed by atoms with Crippen LogP contribution in [-0.2, 0) is 6.54 Å². The van der Waals surface area contributed by atoms with E-state index in [4.69, 9.17) is 10.2 Å². The Hall–Kier alpha value is -0.800. The molecule has 114 valence electrons. The zero-order valence-electron chi connectivity index (χ0n) is 13.1. The molecule has 1 aliphatic carbocycles. The van der Waals surface area contributed by atoms with Gasteiger partial charge in [0.05, 0.1) is 12.8 Å². The lowest BCUT2D eigenvalue weighted by atomic mass is 9.76. The molecule has 3 atom stereocenters. The van der Waals surface area contributed by atoms with Crippen molar-refractivity contribution in [1.29, 1.82) is 0 Å². The van der Waals surface area contributed by atoms with Gasteiger partial charge in [-0.2, -0.15) is 0 Å². The van der Waals surface area contributed by atoms with E-state index in [1.54, 1.807) is 6.26 Å². The van der Waals surface area contributed by atoms with Crippen molar-refractivity contribution in [2.75, 3.05) is 13.1 Å². The second-order valence-corrected chi connectivity index (χ2v) is 6.17. The van der Waals surface area contributed by atoms with Gasteiger partial charge in [0.1, 0.15) is 5.76 Å². The summed E-state index contributed by atoms with van der Waals surface area (Å²) in [6.45, 7) is 7.35. The van der Waals surface area contributed by atoms with Crippen LogP contribution in [0.1, 0.15) is 51.7 Å². The van der Waals surface area contributed by atoms with Crippen molar-refractivity contribution in [1.82, 2.24) is 4.90 Å². The van der Waals surface area contributed by atoms with Gasteiger partial charge in [0.15, 0.2) is 0 Å². The van der Waals surface area contributed by atoms with Crippen LogP contribution in [0.2, 0.25) is 0 Å². The summed E-state index contributed by atoms with van der Waals surface area (Å²) >= 11 is 0. The smallest absolute Gasteiger partial charge is 0.117 e. The van der Waals surface area contributed by atoms with Crippen molar-refractivity contribution in [2.24, 2.45) is 17.6 Å². The summed E-state index contributed by atoms with van der Waals surface area (Å²) < 4.78 is 5.53. The SMILES string of the molecule is CCCC1CCC(CN)C(N(CC)Cc2ccco2)C1. The zero-order valence-corrected chi connectivity index (χ0v) is 13.1. The highest BCUT2D eigenvalue weighted by Crippen LogP contribution is 2.34. The highest BCUT2D eigenvalue weighted by Gasteiger charge is 2.33. The number of nitrogens with two attached hydrogens (primary N) is 1. The summed E-state index contributed by atoms with van der Waals surface area (Å²) in [5.41, 5.74) is 6.03. The fourth-order valence-corrected chi connectivity index (χ4v) is 3.75. The van der Waals surface area contributed by atoms with Crippen molar-refractivity contribution in [3.05, 3.63) is 24.2 Å². The summed E-state index contributed by atoms with van der Waals surface area (Å²) in [6, 6.07) is 4.68. The fraction of sp³-hybridized carbons (Fsp3) is 0.765. The van der Waals surface area contributed by atoms with Crippen molar-refractivity contribution in [2.45, 2.75) is 58.5 Å². The lowest BCUT2D eigenvalue weighted by Gasteiger charge is -2.42. The maximum absolute atomic E-state index is 6.03. The van der Waals surface area contributed by atoms with Crippen LogP contribution in [0.3, 0.4) is 0 Å². The van der Waals surface area contributed by atoms with E-state index in [0.717, 1.165) is 31.3 Å². The fourth-order valence-electron chi connectivity index (χ4n) is 3.75. The Balaban J connectivity index is 2.03. The van der Waals surface area contributed by atoms with E-state index in [1.165, 1.54) is 32.1 Å². The molecule has 2 N–H and O–H groups in total. The average molecular weight is 278 g/mol. The first kappa shape index (κ1) is 15.6. The predicted molar refractivity (Wildman–Crippen MR) is 83.4 cm³/mol. The lowest BCUT2D eigenvalue weighted by molar-refractivity contribution is 0.0719. The normalized spacial score (nSPS) is 27.1. The van der Waals surface area contributed by atoms with Gasteiger partial charge in [-0.15, -0.1) is 0 Å². The predicted octanol–water partition coefficient (Wildman–Crippen LogP) is 3.65. The maximum Gasteiger partial charge on any atom is 0.117 e. The van der Waals surface area contributed by atoms with Crippen LogP contribution >= 0.6 is 0 Å². The first-order valence-electron chi connectivity index (χ1n) is 8.24. The third-order valence-corrected chi connectivity index (χ3v) is 4.88. The van der Waals surface area contributed by atoms with E-state index >= 15 is 0 Å².